The van der Waals surface area contributed by atoms with Crippen molar-refractivity contribution in [3.05, 3.63) is 35.9 Å². The van der Waals surface area contributed by atoms with E-state index in [4.69, 9.17) is 4.74 Å². The fourth-order valence-corrected chi connectivity index (χ4v) is 4.31. The normalized spacial score (nSPS) is 14.4. The molecule has 198 valence electrons. The molecular formula is C27H45N3O4S. The third-order valence-electron chi connectivity index (χ3n) is 5.29. The fraction of sp³-hybridized carbons (Fsp3) is 0.667. The Labute approximate surface area is 216 Å². The van der Waals surface area contributed by atoms with E-state index in [9.17, 15) is 14.4 Å². The zero-order valence-corrected chi connectivity index (χ0v) is 23.8. The number of carbonyl (C=O) groups excluding carboxylic acids is 3. The standard InChI is InChI=1S/C27H45N3O4S/c1-10-14-19(2)28-23(31)22(20-15-12-11-13-16-20)30(26(3,4)5)24(32)21(17-18-35-9)29-25(33)34-27(6,7)8/h11-13,15-16,19,21-22H,10,14,17-18H2,1-9H3,(H,28,31)(H,29,33). The molecule has 1 rings (SSSR count). The Balaban J connectivity index is 3.46. The summed E-state index contributed by atoms with van der Waals surface area (Å²) in [6, 6.07) is 7.62. The Morgan fingerprint density at radius 3 is 2.09 bits per heavy atom. The third kappa shape index (κ3) is 10.5. The van der Waals surface area contributed by atoms with Crippen molar-refractivity contribution in [1.29, 1.82) is 0 Å². The first-order valence-electron chi connectivity index (χ1n) is 12.4. The molecule has 0 saturated carbocycles. The lowest BCUT2D eigenvalue weighted by atomic mass is 9.94. The highest BCUT2D eigenvalue weighted by molar-refractivity contribution is 7.98. The Morgan fingerprint density at radius 1 is 1.00 bits per heavy atom. The molecule has 1 aromatic rings. The molecule has 0 aliphatic rings. The molecule has 3 amide bonds. The van der Waals surface area contributed by atoms with Crippen LogP contribution in [-0.2, 0) is 14.3 Å². The predicted molar refractivity (Wildman–Crippen MR) is 144 cm³/mol. The molecule has 0 aliphatic carbocycles. The predicted octanol–water partition coefficient (Wildman–Crippen LogP) is 5.31. The highest BCUT2D eigenvalue weighted by atomic mass is 32.2. The second-order valence-corrected chi connectivity index (χ2v) is 11.9. The molecule has 0 fully saturated rings. The van der Waals surface area contributed by atoms with E-state index in [1.54, 1.807) is 37.4 Å². The maximum Gasteiger partial charge on any atom is 0.408 e. The first-order chi connectivity index (χ1) is 16.2. The van der Waals surface area contributed by atoms with E-state index >= 15 is 0 Å². The second kappa shape index (κ2) is 13.8. The molecule has 3 atom stereocenters. The summed E-state index contributed by atoms with van der Waals surface area (Å²) >= 11 is 1.59. The van der Waals surface area contributed by atoms with Crippen molar-refractivity contribution in [2.24, 2.45) is 0 Å². The van der Waals surface area contributed by atoms with E-state index in [1.807, 2.05) is 64.3 Å². The van der Waals surface area contributed by atoms with Gasteiger partial charge in [-0.25, -0.2) is 4.79 Å². The average molecular weight is 508 g/mol. The topological polar surface area (TPSA) is 87.7 Å². The van der Waals surface area contributed by atoms with Gasteiger partial charge in [-0.05, 0) is 78.9 Å². The van der Waals surface area contributed by atoms with Crippen LogP contribution in [0.15, 0.2) is 30.3 Å². The van der Waals surface area contributed by atoms with Crippen LogP contribution in [0, 0.1) is 0 Å². The monoisotopic (exact) mass is 507 g/mol. The van der Waals surface area contributed by atoms with Gasteiger partial charge >= 0.3 is 6.09 Å². The molecule has 0 bridgehead atoms. The molecular weight excluding hydrogens is 462 g/mol. The molecule has 0 spiro atoms. The Bertz CT molecular complexity index is 818. The number of rotatable bonds is 11. The van der Waals surface area contributed by atoms with Crippen molar-refractivity contribution in [2.75, 3.05) is 12.0 Å². The first kappa shape index (κ1) is 30.8. The zero-order valence-electron chi connectivity index (χ0n) is 22.9. The molecule has 2 N–H and O–H groups in total. The lowest BCUT2D eigenvalue weighted by Gasteiger charge is -2.43. The molecule has 7 nitrogen and oxygen atoms in total. The molecule has 0 radical (unpaired) electrons. The molecule has 3 unspecified atom stereocenters. The molecule has 8 heteroatoms. The minimum absolute atomic E-state index is 0.0252. The maximum absolute atomic E-state index is 14.1. The van der Waals surface area contributed by atoms with Gasteiger partial charge in [0.05, 0.1) is 0 Å². The largest absolute Gasteiger partial charge is 0.444 e. The Kier molecular flexibility index (Phi) is 12.1. The van der Waals surface area contributed by atoms with Crippen LogP contribution in [0.1, 0.15) is 86.3 Å². The first-order valence-corrected chi connectivity index (χ1v) is 13.8. The number of alkyl carbamates (subject to hydrolysis) is 1. The lowest BCUT2D eigenvalue weighted by molar-refractivity contribution is -0.148. The highest BCUT2D eigenvalue weighted by Crippen LogP contribution is 2.30. The maximum atomic E-state index is 14.1. The van der Waals surface area contributed by atoms with E-state index in [-0.39, 0.29) is 17.9 Å². The number of ether oxygens (including phenoxy) is 1. The van der Waals surface area contributed by atoms with Gasteiger partial charge in [-0.1, -0.05) is 43.7 Å². The van der Waals surface area contributed by atoms with Gasteiger partial charge in [0.2, 0.25) is 11.8 Å². The zero-order chi connectivity index (χ0) is 26.8. The Morgan fingerprint density at radius 2 is 1.60 bits per heavy atom. The minimum Gasteiger partial charge on any atom is -0.444 e. The van der Waals surface area contributed by atoms with Crippen molar-refractivity contribution in [1.82, 2.24) is 15.5 Å². The van der Waals surface area contributed by atoms with Crippen LogP contribution in [0.5, 0.6) is 0 Å². The van der Waals surface area contributed by atoms with E-state index < -0.39 is 29.3 Å². The highest BCUT2D eigenvalue weighted by Gasteiger charge is 2.41. The molecule has 0 saturated heterocycles. The van der Waals surface area contributed by atoms with E-state index in [2.05, 4.69) is 17.6 Å². The van der Waals surface area contributed by atoms with Crippen molar-refractivity contribution in [2.45, 2.75) is 104 Å². The average Bonchev–Trinajstić information content (AvgIpc) is 2.72. The number of thioether (sulfide) groups is 1. The van der Waals surface area contributed by atoms with Crippen LogP contribution in [0.4, 0.5) is 4.79 Å². The third-order valence-corrected chi connectivity index (χ3v) is 5.94. The van der Waals surface area contributed by atoms with E-state index in [1.165, 1.54) is 0 Å². The van der Waals surface area contributed by atoms with Gasteiger partial charge in [-0.3, -0.25) is 9.59 Å². The number of hydrogen-bond acceptors (Lipinski definition) is 5. The van der Waals surface area contributed by atoms with E-state index in [0.717, 1.165) is 18.4 Å². The van der Waals surface area contributed by atoms with Crippen LogP contribution >= 0.6 is 11.8 Å². The number of amides is 3. The summed E-state index contributed by atoms with van der Waals surface area (Å²) in [5.41, 5.74) is -0.670. The number of carbonyl (C=O) groups is 3. The van der Waals surface area contributed by atoms with Gasteiger partial charge < -0.3 is 20.3 Å². The quantitative estimate of drug-likeness (QED) is 0.424. The molecule has 0 aromatic heterocycles. The van der Waals surface area contributed by atoms with Gasteiger partial charge in [0.25, 0.3) is 0 Å². The summed E-state index contributed by atoms with van der Waals surface area (Å²) in [6.45, 7) is 15.1. The molecule has 35 heavy (non-hydrogen) atoms. The van der Waals surface area contributed by atoms with E-state index in [0.29, 0.717) is 12.2 Å². The van der Waals surface area contributed by atoms with Gasteiger partial charge in [-0.15, -0.1) is 0 Å². The van der Waals surface area contributed by atoms with Gasteiger partial charge in [0.1, 0.15) is 17.7 Å². The van der Waals surface area contributed by atoms with Gasteiger partial charge in [0.15, 0.2) is 0 Å². The summed E-state index contributed by atoms with van der Waals surface area (Å²) in [5, 5.41) is 5.86. The van der Waals surface area contributed by atoms with Crippen molar-refractivity contribution in [3.63, 3.8) is 0 Å². The van der Waals surface area contributed by atoms with Crippen LogP contribution in [0.25, 0.3) is 0 Å². The second-order valence-electron chi connectivity index (χ2n) is 10.9. The van der Waals surface area contributed by atoms with Gasteiger partial charge in [0, 0.05) is 11.6 Å². The van der Waals surface area contributed by atoms with Crippen molar-refractivity contribution >= 4 is 29.7 Å². The number of benzene rings is 1. The molecule has 0 heterocycles. The number of hydrogen-bond donors (Lipinski definition) is 2. The van der Waals surface area contributed by atoms with Crippen LogP contribution in [-0.4, -0.2) is 58.0 Å². The lowest BCUT2D eigenvalue weighted by Crippen LogP contribution is -2.59. The SMILES string of the molecule is CCCC(C)NC(=O)C(c1ccccc1)N(C(=O)C(CCSC)NC(=O)OC(C)(C)C)C(C)(C)C. The molecule has 0 aliphatic heterocycles. The fourth-order valence-electron chi connectivity index (χ4n) is 3.84. The van der Waals surface area contributed by atoms with Gasteiger partial charge in [-0.2, -0.15) is 11.8 Å². The van der Waals surface area contributed by atoms with Crippen LogP contribution in [0.2, 0.25) is 0 Å². The van der Waals surface area contributed by atoms with Crippen molar-refractivity contribution in [3.8, 4) is 0 Å². The number of nitrogens with one attached hydrogen (secondary N) is 2. The van der Waals surface area contributed by atoms with Crippen LogP contribution in [0.3, 0.4) is 0 Å². The Hall–Kier alpha value is -2.22. The molecule has 1 aromatic carbocycles. The minimum atomic E-state index is -0.847. The summed E-state index contributed by atoms with van der Waals surface area (Å²) in [4.78, 5) is 42.0. The van der Waals surface area contributed by atoms with Crippen molar-refractivity contribution < 1.29 is 19.1 Å². The summed E-state index contributed by atoms with van der Waals surface area (Å²) in [7, 11) is 0. The summed E-state index contributed by atoms with van der Waals surface area (Å²) in [5.74, 6) is 0.116. The summed E-state index contributed by atoms with van der Waals surface area (Å²) in [6.07, 6.45) is 3.50. The van der Waals surface area contributed by atoms with Crippen LogP contribution < -0.4 is 10.6 Å². The summed E-state index contributed by atoms with van der Waals surface area (Å²) < 4.78 is 5.43. The smallest absolute Gasteiger partial charge is 0.408 e. The number of nitrogens with zero attached hydrogens (tertiary/aromatic N) is 1.